The van der Waals surface area contributed by atoms with Gasteiger partial charge in [-0.1, -0.05) is 17.7 Å². The summed E-state index contributed by atoms with van der Waals surface area (Å²) in [7, 11) is 1.67. The van der Waals surface area contributed by atoms with Gasteiger partial charge in [-0.3, -0.25) is 0 Å². The number of methoxy groups -OCH3 is 1. The quantitative estimate of drug-likeness (QED) is 0.791. The Kier molecular flexibility index (Phi) is 5.57. The molecule has 0 spiro atoms. The minimum Gasteiger partial charge on any atom is -0.383 e. The first-order valence-electron chi connectivity index (χ1n) is 7.12. The van der Waals surface area contributed by atoms with E-state index in [0.717, 1.165) is 28.3 Å². The third-order valence-electron chi connectivity index (χ3n) is 3.14. The molecule has 0 fully saturated rings. The molecule has 0 aliphatic rings. The number of nitrogens with zero attached hydrogens (tertiary/aromatic N) is 2. The van der Waals surface area contributed by atoms with Crippen LogP contribution in [0.1, 0.15) is 16.8 Å². The van der Waals surface area contributed by atoms with Crippen LogP contribution in [0.4, 0.5) is 17.5 Å². The van der Waals surface area contributed by atoms with Crippen molar-refractivity contribution in [2.75, 3.05) is 30.9 Å². The monoisotopic (exact) mass is 320 g/mol. The maximum absolute atomic E-state index is 6.32. The molecule has 0 saturated carbocycles. The molecule has 0 atom stereocenters. The number of aryl methyl sites for hydroxylation is 3. The fourth-order valence-corrected chi connectivity index (χ4v) is 2.55. The Labute approximate surface area is 136 Å². The topological polar surface area (TPSA) is 59.1 Å². The number of aromatic nitrogens is 2. The van der Waals surface area contributed by atoms with Gasteiger partial charge in [-0.15, -0.1) is 0 Å². The molecule has 2 rings (SSSR count). The smallest absolute Gasteiger partial charge is 0.229 e. The van der Waals surface area contributed by atoms with Crippen molar-refractivity contribution in [2.24, 2.45) is 0 Å². The molecule has 0 aliphatic carbocycles. The van der Waals surface area contributed by atoms with Crippen molar-refractivity contribution in [3.63, 3.8) is 0 Å². The van der Waals surface area contributed by atoms with Crippen LogP contribution in [-0.2, 0) is 4.74 Å². The van der Waals surface area contributed by atoms with Gasteiger partial charge in [0.05, 0.1) is 17.3 Å². The number of halogens is 1. The van der Waals surface area contributed by atoms with Gasteiger partial charge in [0.1, 0.15) is 5.82 Å². The highest BCUT2D eigenvalue weighted by Gasteiger charge is 2.09. The minimum absolute atomic E-state index is 0.522. The largest absolute Gasteiger partial charge is 0.383 e. The van der Waals surface area contributed by atoms with Gasteiger partial charge in [-0.2, -0.15) is 4.98 Å². The van der Waals surface area contributed by atoms with Crippen molar-refractivity contribution >= 4 is 29.1 Å². The lowest BCUT2D eigenvalue weighted by molar-refractivity contribution is 0.210. The number of nitrogens with one attached hydrogen (secondary N) is 2. The van der Waals surface area contributed by atoms with Crippen LogP contribution in [0.3, 0.4) is 0 Å². The van der Waals surface area contributed by atoms with E-state index in [9.17, 15) is 0 Å². The molecule has 22 heavy (non-hydrogen) atoms. The van der Waals surface area contributed by atoms with E-state index in [1.54, 1.807) is 7.11 Å². The van der Waals surface area contributed by atoms with Crippen LogP contribution in [-0.4, -0.2) is 30.2 Å². The summed E-state index contributed by atoms with van der Waals surface area (Å²) in [6.45, 7) is 7.27. The number of benzene rings is 1. The first kappa shape index (κ1) is 16.5. The normalized spacial score (nSPS) is 10.6. The molecular formula is C16H21ClN4O. The number of hydrogen-bond acceptors (Lipinski definition) is 5. The molecule has 118 valence electrons. The van der Waals surface area contributed by atoms with Gasteiger partial charge < -0.3 is 15.4 Å². The maximum atomic E-state index is 6.32. The van der Waals surface area contributed by atoms with Gasteiger partial charge in [0.15, 0.2) is 0 Å². The Hall–Kier alpha value is -1.85. The lowest BCUT2D eigenvalue weighted by Gasteiger charge is -2.13. The number of ether oxygens (including phenoxy) is 1. The van der Waals surface area contributed by atoms with Gasteiger partial charge in [0.2, 0.25) is 5.95 Å². The van der Waals surface area contributed by atoms with Crippen LogP contribution in [0.25, 0.3) is 0 Å². The van der Waals surface area contributed by atoms with Crippen LogP contribution < -0.4 is 10.6 Å². The second kappa shape index (κ2) is 7.42. The number of anilines is 3. The van der Waals surface area contributed by atoms with Gasteiger partial charge in [-0.25, -0.2) is 4.98 Å². The summed E-state index contributed by atoms with van der Waals surface area (Å²) >= 11 is 6.32. The lowest BCUT2D eigenvalue weighted by atomic mass is 10.1. The first-order valence-corrected chi connectivity index (χ1v) is 7.49. The SMILES string of the molecule is COCCNc1cc(C)nc(Nc2c(C)cc(C)cc2Cl)n1. The lowest BCUT2D eigenvalue weighted by Crippen LogP contribution is -2.10. The number of rotatable bonds is 6. The summed E-state index contributed by atoms with van der Waals surface area (Å²) in [6.07, 6.45) is 0. The first-order chi connectivity index (χ1) is 10.5. The Morgan fingerprint density at radius 1 is 1.14 bits per heavy atom. The average molecular weight is 321 g/mol. The average Bonchev–Trinajstić information content (AvgIpc) is 2.42. The van der Waals surface area contributed by atoms with Gasteiger partial charge in [0.25, 0.3) is 0 Å². The molecule has 0 unspecified atom stereocenters. The van der Waals surface area contributed by atoms with Crippen molar-refractivity contribution in [3.8, 4) is 0 Å². The van der Waals surface area contributed by atoms with E-state index in [1.807, 2.05) is 32.9 Å². The third-order valence-corrected chi connectivity index (χ3v) is 3.43. The maximum Gasteiger partial charge on any atom is 0.229 e. The summed E-state index contributed by atoms with van der Waals surface area (Å²) in [4.78, 5) is 8.87. The Bertz CT molecular complexity index is 638. The van der Waals surface area contributed by atoms with Crippen LogP contribution in [0, 0.1) is 20.8 Å². The second-order valence-corrected chi connectivity index (χ2v) is 5.61. The minimum atomic E-state index is 0.522. The van der Waals surface area contributed by atoms with Gasteiger partial charge >= 0.3 is 0 Å². The van der Waals surface area contributed by atoms with E-state index in [-0.39, 0.29) is 0 Å². The molecule has 0 bridgehead atoms. The molecule has 1 aromatic heterocycles. The fourth-order valence-electron chi connectivity index (χ4n) is 2.18. The fraction of sp³-hybridized carbons (Fsp3) is 0.375. The Balaban J connectivity index is 2.22. The van der Waals surface area contributed by atoms with Gasteiger partial charge in [-0.05, 0) is 38.0 Å². The highest BCUT2D eigenvalue weighted by molar-refractivity contribution is 6.33. The highest BCUT2D eigenvalue weighted by Crippen LogP contribution is 2.29. The molecule has 2 N–H and O–H groups in total. The molecule has 5 nitrogen and oxygen atoms in total. The summed E-state index contributed by atoms with van der Waals surface area (Å²) in [5.41, 5.74) is 3.89. The highest BCUT2D eigenvalue weighted by atomic mass is 35.5. The van der Waals surface area contributed by atoms with Crippen molar-refractivity contribution in [3.05, 3.63) is 40.0 Å². The van der Waals surface area contributed by atoms with E-state index < -0.39 is 0 Å². The van der Waals surface area contributed by atoms with E-state index in [1.165, 1.54) is 0 Å². The van der Waals surface area contributed by atoms with Crippen molar-refractivity contribution < 1.29 is 4.74 Å². The Morgan fingerprint density at radius 3 is 2.59 bits per heavy atom. The second-order valence-electron chi connectivity index (χ2n) is 5.20. The van der Waals surface area contributed by atoms with E-state index in [4.69, 9.17) is 16.3 Å². The van der Waals surface area contributed by atoms with E-state index in [2.05, 4.69) is 26.7 Å². The molecular weight excluding hydrogens is 300 g/mol. The predicted molar refractivity (Wildman–Crippen MR) is 91.3 cm³/mol. The van der Waals surface area contributed by atoms with Crippen LogP contribution >= 0.6 is 11.6 Å². The molecule has 6 heteroatoms. The molecule has 0 amide bonds. The van der Waals surface area contributed by atoms with Crippen LogP contribution in [0.2, 0.25) is 5.02 Å². The summed E-state index contributed by atoms with van der Waals surface area (Å²) in [5, 5.41) is 7.08. The zero-order chi connectivity index (χ0) is 16.1. The standard InChI is InChI=1S/C16H21ClN4O/c1-10-7-11(2)15(13(17)8-10)21-16-19-12(3)9-14(20-16)18-5-6-22-4/h7-9H,5-6H2,1-4H3,(H2,18,19,20,21). The van der Waals surface area contributed by atoms with Crippen LogP contribution in [0.15, 0.2) is 18.2 Å². The number of hydrogen-bond donors (Lipinski definition) is 2. The summed E-state index contributed by atoms with van der Waals surface area (Å²) in [6, 6.07) is 5.89. The summed E-state index contributed by atoms with van der Waals surface area (Å²) < 4.78 is 5.02. The Morgan fingerprint density at radius 2 is 1.91 bits per heavy atom. The molecule has 0 saturated heterocycles. The third kappa shape index (κ3) is 4.32. The van der Waals surface area contributed by atoms with Crippen molar-refractivity contribution in [1.82, 2.24) is 9.97 Å². The zero-order valence-corrected chi connectivity index (χ0v) is 14.1. The molecule has 0 radical (unpaired) electrons. The molecule has 1 heterocycles. The zero-order valence-electron chi connectivity index (χ0n) is 13.3. The van der Waals surface area contributed by atoms with E-state index >= 15 is 0 Å². The molecule has 2 aromatic rings. The molecule has 0 aliphatic heterocycles. The summed E-state index contributed by atoms with van der Waals surface area (Å²) in [5.74, 6) is 1.28. The van der Waals surface area contributed by atoms with Crippen molar-refractivity contribution in [1.29, 1.82) is 0 Å². The molecule has 1 aromatic carbocycles. The predicted octanol–water partition coefficient (Wildman–Crippen LogP) is 3.86. The van der Waals surface area contributed by atoms with E-state index in [0.29, 0.717) is 24.1 Å². The van der Waals surface area contributed by atoms with Crippen molar-refractivity contribution in [2.45, 2.75) is 20.8 Å². The van der Waals surface area contributed by atoms with Crippen LogP contribution in [0.5, 0.6) is 0 Å². The van der Waals surface area contributed by atoms with Gasteiger partial charge in [0, 0.05) is 25.4 Å².